The van der Waals surface area contributed by atoms with Crippen molar-refractivity contribution >= 4 is 41.7 Å². The van der Waals surface area contributed by atoms with Gasteiger partial charge in [0.05, 0.1) is 13.2 Å². The summed E-state index contributed by atoms with van der Waals surface area (Å²) >= 11 is 1.82. The van der Waals surface area contributed by atoms with Crippen molar-refractivity contribution in [2.45, 2.75) is 20.3 Å². The number of hydrogen-bond donors (Lipinski definition) is 2. The summed E-state index contributed by atoms with van der Waals surface area (Å²) in [6, 6.07) is 6.12. The van der Waals surface area contributed by atoms with Crippen LogP contribution in [0.4, 0.5) is 0 Å². The van der Waals surface area contributed by atoms with Crippen LogP contribution < -0.4 is 20.1 Å². The second-order valence-electron chi connectivity index (χ2n) is 4.82. The average Bonchev–Trinajstić information content (AvgIpc) is 2.56. The molecule has 2 N–H and O–H groups in total. The van der Waals surface area contributed by atoms with E-state index in [4.69, 9.17) is 9.47 Å². The van der Waals surface area contributed by atoms with E-state index in [2.05, 4.69) is 34.0 Å². The Kier molecular flexibility index (Phi) is 14.0. The maximum atomic E-state index is 5.66. The van der Waals surface area contributed by atoms with E-state index < -0.39 is 0 Å². The van der Waals surface area contributed by atoms with Gasteiger partial charge in [-0.2, -0.15) is 11.8 Å². The van der Waals surface area contributed by atoms with Crippen molar-refractivity contribution in [3.8, 4) is 11.5 Å². The molecule has 0 unspecified atom stereocenters. The van der Waals surface area contributed by atoms with Crippen LogP contribution in [0.3, 0.4) is 0 Å². The van der Waals surface area contributed by atoms with Crippen molar-refractivity contribution in [3.63, 3.8) is 0 Å². The Morgan fingerprint density at radius 2 is 1.75 bits per heavy atom. The maximum absolute atomic E-state index is 5.66. The zero-order chi connectivity index (χ0) is 16.9. The van der Waals surface area contributed by atoms with Crippen molar-refractivity contribution in [2.24, 2.45) is 4.99 Å². The molecular weight excluding hydrogens is 437 g/mol. The summed E-state index contributed by atoms with van der Waals surface area (Å²) in [6.07, 6.45) is 3.00. The molecule has 7 heteroatoms. The van der Waals surface area contributed by atoms with Crippen molar-refractivity contribution in [3.05, 3.63) is 23.8 Å². The highest BCUT2D eigenvalue weighted by Crippen LogP contribution is 2.28. The normalized spacial score (nSPS) is 10.8. The van der Waals surface area contributed by atoms with Crippen LogP contribution in [0.2, 0.25) is 0 Å². The first kappa shape index (κ1) is 23.2. The molecular formula is C17H30IN3O2S. The fraction of sp³-hybridized carbons (Fsp3) is 0.588. The number of nitrogens with zero attached hydrogens (tertiary/aromatic N) is 1. The van der Waals surface area contributed by atoms with Gasteiger partial charge in [-0.15, -0.1) is 24.0 Å². The van der Waals surface area contributed by atoms with Crippen molar-refractivity contribution in [1.82, 2.24) is 10.6 Å². The van der Waals surface area contributed by atoms with E-state index in [-0.39, 0.29) is 24.0 Å². The number of benzene rings is 1. The molecule has 0 saturated carbocycles. The molecule has 5 nitrogen and oxygen atoms in total. The molecule has 0 saturated heterocycles. The first-order valence-corrected chi connectivity index (χ1v) is 9.46. The highest BCUT2D eigenvalue weighted by molar-refractivity contribution is 14.0. The molecule has 0 aliphatic rings. The minimum Gasteiger partial charge on any atom is -0.490 e. The van der Waals surface area contributed by atoms with Gasteiger partial charge in [0.15, 0.2) is 17.5 Å². The predicted molar refractivity (Wildman–Crippen MR) is 116 cm³/mol. The molecule has 0 amide bonds. The van der Waals surface area contributed by atoms with Crippen LogP contribution in [0, 0.1) is 0 Å². The van der Waals surface area contributed by atoms with Crippen LogP contribution in [-0.2, 0) is 6.42 Å². The highest BCUT2D eigenvalue weighted by atomic mass is 127. The summed E-state index contributed by atoms with van der Waals surface area (Å²) in [6.45, 7) is 6.96. The zero-order valence-corrected chi connectivity index (χ0v) is 18.2. The number of guanidine groups is 1. The molecule has 0 radical (unpaired) electrons. The Labute approximate surface area is 167 Å². The molecule has 138 valence electrons. The Morgan fingerprint density at radius 3 is 2.38 bits per heavy atom. The van der Waals surface area contributed by atoms with E-state index >= 15 is 0 Å². The largest absolute Gasteiger partial charge is 0.490 e. The van der Waals surface area contributed by atoms with Crippen LogP contribution in [0.15, 0.2) is 23.2 Å². The summed E-state index contributed by atoms with van der Waals surface area (Å²) in [5.41, 5.74) is 1.21. The summed E-state index contributed by atoms with van der Waals surface area (Å²) in [4.78, 5) is 4.22. The van der Waals surface area contributed by atoms with Crippen LogP contribution in [0.1, 0.15) is 19.4 Å². The van der Waals surface area contributed by atoms with Crippen molar-refractivity contribution < 1.29 is 9.47 Å². The summed E-state index contributed by atoms with van der Waals surface area (Å²) in [5, 5.41) is 6.61. The molecule has 0 bridgehead atoms. The van der Waals surface area contributed by atoms with E-state index in [0.717, 1.165) is 42.7 Å². The summed E-state index contributed by atoms with van der Waals surface area (Å²) in [5.74, 6) is 3.53. The first-order chi connectivity index (χ1) is 11.2. The molecule has 0 aliphatic heterocycles. The fourth-order valence-corrected chi connectivity index (χ4v) is 2.37. The Bertz CT molecular complexity index is 487. The van der Waals surface area contributed by atoms with E-state index in [9.17, 15) is 0 Å². The zero-order valence-electron chi connectivity index (χ0n) is 15.1. The third kappa shape index (κ3) is 8.86. The van der Waals surface area contributed by atoms with Crippen LogP contribution in [0.25, 0.3) is 0 Å². The molecule has 1 rings (SSSR count). The number of ether oxygens (including phenoxy) is 2. The number of nitrogens with one attached hydrogen (secondary N) is 2. The molecule has 0 spiro atoms. The number of halogens is 1. The summed E-state index contributed by atoms with van der Waals surface area (Å²) in [7, 11) is 1.79. The molecule has 0 atom stereocenters. The van der Waals surface area contributed by atoms with Crippen LogP contribution in [0.5, 0.6) is 11.5 Å². The van der Waals surface area contributed by atoms with E-state index in [1.165, 1.54) is 5.56 Å². The quantitative estimate of drug-likeness (QED) is 0.240. The van der Waals surface area contributed by atoms with Crippen LogP contribution >= 0.6 is 35.7 Å². The van der Waals surface area contributed by atoms with Crippen molar-refractivity contribution in [2.75, 3.05) is 45.4 Å². The highest BCUT2D eigenvalue weighted by Gasteiger charge is 2.06. The van der Waals surface area contributed by atoms with Gasteiger partial charge in [-0.3, -0.25) is 4.99 Å². The Hall–Kier alpha value is -0.830. The molecule has 1 aromatic rings. The monoisotopic (exact) mass is 467 g/mol. The minimum atomic E-state index is 0. The van der Waals surface area contributed by atoms with Gasteiger partial charge in [0.25, 0.3) is 0 Å². The van der Waals surface area contributed by atoms with Gasteiger partial charge < -0.3 is 20.1 Å². The average molecular weight is 467 g/mol. The number of thioether (sulfide) groups is 1. The van der Waals surface area contributed by atoms with Gasteiger partial charge in [0, 0.05) is 25.9 Å². The SMILES string of the molecule is CCOc1ccc(CCNC(=NC)NCCSC)cc1OCC.I. The van der Waals surface area contributed by atoms with Gasteiger partial charge in [0.2, 0.25) is 0 Å². The van der Waals surface area contributed by atoms with Gasteiger partial charge in [0.1, 0.15) is 0 Å². The van der Waals surface area contributed by atoms with Crippen LogP contribution in [-0.4, -0.2) is 51.3 Å². The van der Waals surface area contributed by atoms with Gasteiger partial charge in [-0.25, -0.2) is 0 Å². The van der Waals surface area contributed by atoms with Gasteiger partial charge in [-0.05, 0) is 44.2 Å². The number of aliphatic imine (C=N–C) groups is 1. The fourth-order valence-electron chi connectivity index (χ4n) is 2.07. The predicted octanol–water partition coefficient (Wildman–Crippen LogP) is 3.17. The lowest BCUT2D eigenvalue weighted by atomic mass is 10.1. The second-order valence-corrected chi connectivity index (χ2v) is 5.80. The minimum absolute atomic E-state index is 0. The molecule has 0 aliphatic carbocycles. The van der Waals surface area contributed by atoms with E-state index in [0.29, 0.717) is 13.2 Å². The topological polar surface area (TPSA) is 54.9 Å². The van der Waals surface area contributed by atoms with Gasteiger partial charge in [-0.1, -0.05) is 6.07 Å². The van der Waals surface area contributed by atoms with E-state index in [1.807, 2.05) is 31.7 Å². The lowest BCUT2D eigenvalue weighted by molar-refractivity contribution is 0.287. The summed E-state index contributed by atoms with van der Waals surface area (Å²) < 4.78 is 11.2. The smallest absolute Gasteiger partial charge is 0.191 e. The second kappa shape index (κ2) is 14.5. The maximum Gasteiger partial charge on any atom is 0.191 e. The molecule has 24 heavy (non-hydrogen) atoms. The first-order valence-electron chi connectivity index (χ1n) is 8.07. The number of rotatable bonds is 10. The Balaban J connectivity index is 0.00000529. The lowest BCUT2D eigenvalue weighted by Gasteiger charge is -2.14. The third-order valence-corrected chi connectivity index (χ3v) is 3.75. The third-order valence-electron chi connectivity index (χ3n) is 3.14. The molecule has 1 aromatic carbocycles. The van der Waals surface area contributed by atoms with Gasteiger partial charge >= 0.3 is 0 Å². The lowest BCUT2D eigenvalue weighted by Crippen LogP contribution is -2.39. The standard InChI is InChI=1S/C17H29N3O2S.HI/c1-5-21-15-8-7-14(13-16(15)22-6-2)9-10-19-17(18-3)20-11-12-23-4;/h7-8,13H,5-6,9-12H2,1-4H3,(H2,18,19,20);1H. The molecule has 0 fully saturated rings. The molecule has 0 aromatic heterocycles. The van der Waals surface area contributed by atoms with E-state index in [1.54, 1.807) is 7.05 Å². The Morgan fingerprint density at radius 1 is 1.08 bits per heavy atom. The number of hydrogen-bond acceptors (Lipinski definition) is 4. The van der Waals surface area contributed by atoms with Crippen molar-refractivity contribution in [1.29, 1.82) is 0 Å². The molecule has 0 heterocycles.